The van der Waals surface area contributed by atoms with Crippen LogP contribution in [0.3, 0.4) is 0 Å². The predicted octanol–water partition coefficient (Wildman–Crippen LogP) is 2.79. The molecule has 1 atom stereocenters. The largest absolute Gasteiger partial charge is 0.508 e. The van der Waals surface area contributed by atoms with Crippen LogP contribution in [0.15, 0.2) is 28.4 Å². The van der Waals surface area contributed by atoms with Crippen LogP contribution in [0.25, 0.3) is 0 Å². The van der Waals surface area contributed by atoms with Crippen molar-refractivity contribution in [2.24, 2.45) is 0 Å². The summed E-state index contributed by atoms with van der Waals surface area (Å²) >= 11 is 2.23. The van der Waals surface area contributed by atoms with E-state index in [2.05, 4.69) is 40.1 Å². The second-order valence-electron chi connectivity index (χ2n) is 4.12. The van der Waals surface area contributed by atoms with Crippen LogP contribution in [-0.2, 0) is 12.8 Å². The minimum absolute atomic E-state index is 0.452. The molecule has 0 amide bonds. The van der Waals surface area contributed by atoms with E-state index < -0.39 is 0 Å². The van der Waals surface area contributed by atoms with Gasteiger partial charge in [0.2, 0.25) is 0 Å². The smallest absolute Gasteiger partial charge is 0.119 e. The lowest BCUT2D eigenvalue weighted by Crippen LogP contribution is -2.34. The van der Waals surface area contributed by atoms with Crippen LogP contribution in [-0.4, -0.2) is 17.7 Å². The van der Waals surface area contributed by atoms with Gasteiger partial charge in [0.05, 0.1) is 0 Å². The van der Waals surface area contributed by atoms with Gasteiger partial charge in [-0.3, -0.25) is 0 Å². The van der Waals surface area contributed by atoms with Gasteiger partial charge in [-0.15, -0.1) is 0 Å². The minimum Gasteiger partial charge on any atom is -0.508 e. The molecule has 1 aliphatic rings. The molecular formula is C13H16INO. The van der Waals surface area contributed by atoms with Gasteiger partial charge in [-0.05, 0) is 40.5 Å². The summed E-state index contributed by atoms with van der Waals surface area (Å²) in [6.07, 6.45) is 5.28. The fourth-order valence-corrected chi connectivity index (χ4v) is 2.48. The van der Waals surface area contributed by atoms with Gasteiger partial charge in [0.15, 0.2) is 0 Å². The van der Waals surface area contributed by atoms with E-state index in [4.69, 9.17) is 0 Å². The van der Waals surface area contributed by atoms with E-state index in [1.165, 1.54) is 5.56 Å². The van der Waals surface area contributed by atoms with Gasteiger partial charge in [-0.1, -0.05) is 40.8 Å². The van der Waals surface area contributed by atoms with Crippen molar-refractivity contribution in [1.29, 1.82) is 0 Å². The van der Waals surface area contributed by atoms with Crippen molar-refractivity contribution in [3.63, 3.8) is 0 Å². The molecule has 86 valence electrons. The van der Waals surface area contributed by atoms with Crippen LogP contribution in [0.5, 0.6) is 5.75 Å². The fourth-order valence-electron chi connectivity index (χ4n) is 2.22. The first-order chi connectivity index (χ1) is 7.81. The van der Waals surface area contributed by atoms with Crippen molar-refractivity contribution in [2.75, 3.05) is 6.54 Å². The van der Waals surface area contributed by atoms with Crippen LogP contribution >= 0.6 is 22.6 Å². The number of phenolic OH excluding ortho intramolecular Hbond substituents is 1. The summed E-state index contributed by atoms with van der Waals surface area (Å²) in [6.45, 7) is 0.913. The van der Waals surface area contributed by atoms with Crippen molar-refractivity contribution in [1.82, 2.24) is 5.32 Å². The van der Waals surface area contributed by atoms with Crippen LogP contribution in [0.1, 0.15) is 17.5 Å². The normalized spacial score (nSPS) is 19.9. The maximum atomic E-state index is 9.80. The highest BCUT2D eigenvalue weighted by atomic mass is 127. The summed E-state index contributed by atoms with van der Waals surface area (Å²) in [4.78, 5) is 0. The molecule has 0 saturated carbocycles. The molecule has 1 aliphatic carbocycles. The van der Waals surface area contributed by atoms with E-state index in [0.717, 1.165) is 31.4 Å². The molecule has 2 N–H and O–H groups in total. The number of rotatable bonds is 3. The van der Waals surface area contributed by atoms with Crippen molar-refractivity contribution < 1.29 is 5.11 Å². The number of fused-ring (bicyclic) bond motifs is 1. The Bertz CT molecular complexity index is 390. The second-order valence-corrected chi connectivity index (χ2v) is 4.84. The van der Waals surface area contributed by atoms with E-state index in [9.17, 15) is 5.11 Å². The molecule has 0 fully saturated rings. The van der Waals surface area contributed by atoms with Gasteiger partial charge in [-0.2, -0.15) is 0 Å². The van der Waals surface area contributed by atoms with Gasteiger partial charge in [0, 0.05) is 12.6 Å². The number of halogens is 1. The number of aryl methyl sites for hydroxylation is 1. The molecule has 0 saturated heterocycles. The lowest BCUT2D eigenvalue weighted by Gasteiger charge is -2.25. The molecule has 0 bridgehead atoms. The Kier molecular flexibility index (Phi) is 4.23. The molecule has 0 aliphatic heterocycles. The molecule has 0 aromatic heterocycles. The molecule has 0 spiro atoms. The van der Waals surface area contributed by atoms with E-state index in [-0.39, 0.29) is 0 Å². The third-order valence-corrected chi connectivity index (χ3v) is 3.58. The first kappa shape index (κ1) is 11.9. The average Bonchev–Trinajstić information content (AvgIpc) is 2.30. The molecule has 1 aromatic carbocycles. The van der Waals surface area contributed by atoms with Crippen molar-refractivity contribution in [3.05, 3.63) is 39.5 Å². The lowest BCUT2D eigenvalue weighted by molar-refractivity contribution is 0.436. The summed E-state index contributed by atoms with van der Waals surface area (Å²) in [5.41, 5.74) is 2.44. The van der Waals surface area contributed by atoms with Crippen LogP contribution in [0, 0.1) is 0 Å². The zero-order chi connectivity index (χ0) is 11.4. The third-order valence-electron chi connectivity index (χ3n) is 3.07. The summed E-state index contributed by atoms with van der Waals surface area (Å²) in [6, 6.07) is 6.33. The Balaban J connectivity index is 2.02. The highest BCUT2D eigenvalue weighted by Gasteiger charge is 2.19. The predicted molar refractivity (Wildman–Crippen MR) is 75.1 cm³/mol. The molecule has 0 heterocycles. The third kappa shape index (κ3) is 2.77. The van der Waals surface area contributed by atoms with Crippen LogP contribution < -0.4 is 5.32 Å². The summed E-state index contributed by atoms with van der Waals surface area (Å²) in [5.74, 6) is 0.452. The topological polar surface area (TPSA) is 32.3 Å². The number of hydrogen-bond acceptors (Lipinski definition) is 2. The standard InChI is InChI=1S/C13H16INO/c14-7-2-8-15-11-6-5-10-3-1-4-13(16)12(10)9-11/h1-4,7,11,15-16H,5-6,8-9H2/b7-2+/t11-/m1/s1. The molecule has 2 nitrogen and oxygen atoms in total. The number of benzene rings is 1. The zero-order valence-electron chi connectivity index (χ0n) is 9.12. The molecule has 0 radical (unpaired) electrons. The quantitative estimate of drug-likeness (QED) is 0.836. The first-order valence-corrected chi connectivity index (χ1v) is 6.84. The Morgan fingerprint density at radius 2 is 2.38 bits per heavy atom. The number of nitrogens with one attached hydrogen (secondary N) is 1. The van der Waals surface area contributed by atoms with Crippen molar-refractivity contribution in [3.8, 4) is 5.75 Å². The van der Waals surface area contributed by atoms with Gasteiger partial charge in [0.1, 0.15) is 5.75 Å². The summed E-state index contributed by atoms with van der Waals surface area (Å²) in [7, 11) is 0. The number of hydrogen-bond donors (Lipinski definition) is 2. The first-order valence-electron chi connectivity index (χ1n) is 5.59. The average molecular weight is 329 g/mol. The van der Waals surface area contributed by atoms with Crippen LogP contribution in [0.2, 0.25) is 0 Å². The SMILES string of the molecule is Oc1cccc2c1C[C@H](NC/C=C/I)CC2. The zero-order valence-corrected chi connectivity index (χ0v) is 11.3. The Morgan fingerprint density at radius 3 is 3.19 bits per heavy atom. The van der Waals surface area contributed by atoms with E-state index in [1.54, 1.807) is 6.07 Å². The molecule has 0 unspecified atom stereocenters. The highest BCUT2D eigenvalue weighted by molar-refractivity contribution is 14.1. The van der Waals surface area contributed by atoms with Crippen LogP contribution in [0.4, 0.5) is 0 Å². The number of phenols is 1. The van der Waals surface area contributed by atoms with Gasteiger partial charge < -0.3 is 10.4 Å². The minimum atomic E-state index is 0.452. The Labute approximate surface area is 110 Å². The summed E-state index contributed by atoms with van der Waals surface area (Å²) in [5, 5.41) is 13.3. The Morgan fingerprint density at radius 1 is 1.50 bits per heavy atom. The fraction of sp³-hybridized carbons (Fsp3) is 0.385. The van der Waals surface area contributed by atoms with Gasteiger partial charge in [0.25, 0.3) is 0 Å². The van der Waals surface area contributed by atoms with E-state index >= 15 is 0 Å². The maximum Gasteiger partial charge on any atom is 0.119 e. The lowest BCUT2D eigenvalue weighted by atomic mass is 9.87. The van der Waals surface area contributed by atoms with Gasteiger partial charge in [-0.25, -0.2) is 0 Å². The maximum absolute atomic E-state index is 9.80. The monoisotopic (exact) mass is 329 g/mol. The highest BCUT2D eigenvalue weighted by Crippen LogP contribution is 2.28. The van der Waals surface area contributed by atoms with Crippen molar-refractivity contribution in [2.45, 2.75) is 25.3 Å². The Hall–Kier alpha value is -0.550. The second kappa shape index (κ2) is 5.68. The number of aromatic hydroxyl groups is 1. The molecule has 1 aromatic rings. The van der Waals surface area contributed by atoms with E-state index in [0.29, 0.717) is 11.8 Å². The molecule has 16 heavy (non-hydrogen) atoms. The molecular weight excluding hydrogens is 313 g/mol. The molecule has 2 rings (SSSR count). The summed E-state index contributed by atoms with van der Waals surface area (Å²) < 4.78 is 2.03. The van der Waals surface area contributed by atoms with Gasteiger partial charge >= 0.3 is 0 Å². The van der Waals surface area contributed by atoms with E-state index in [1.807, 2.05) is 10.1 Å². The molecule has 3 heteroatoms. The van der Waals surface area contributed by atoms with Crippen molar-refractivity contribution >= 4 is 22.6 Å².